The molecule has 0 saturated carbocycles. The van der Waals surface area contributed by atoms with Crippen molar-refractivity contribution in [2.75, 3.05) is 53.2 Å². The molecule has 0 aromatic heterocycles. The number of nitrogens with one attached hydrogen (secondary N) is 1. The summed E-state index contributed by atoms with van der Waals surface area (Å²) in [6.45, 7) is 7.43. The zero-order valence-corrected chi connectivity index (χ0v) is 29.4. The Labute approximate surface area is 292 Å². The number of amides is 1. The molecule has 0 saturated heterocycles. The maximum atomic E-state index is 11.9. The predicted octanol–water partition coefficient (Wildman–Crippen LogP) is 3.34. The molecule has 50 heavy (non-hydrogen) atoms. The molecule has 0 radical (unpaired) electrons. The number of unbranched alkanes of at least 4 members (excludes halogenated alkanes) is 7. The van der Waals surface area contributed by atoms with Gasteiger partial charge in [-0.3, -0.25) is 24.4 Å². The van der Waals surface area contributed by atoms with Crippen LogP contribution >= 0.6 is 0 Å². The second-order valence-electron chi connectivity index (χ2n) is 10.7. The van der Waals surface area contributed by atoms with E-state index in [-0.39, 0.29) is 44.4 Å². The maximum Gasteiger partial charge on any atom is 0.438 e. The number of hydrogen-bond acceptors (Lipinski definition) is 17. The minimum absolute atomic E-state index is 0.00376. The van der Waals surface area contributed by atoms with Crippen LogP contribution in [0.4, 0.5) is 4.79 Å². The van der Waals surface area contributed by atoms with Gasteiger partial charge in [0, 0.05) is 33.0 Å². The van der Waals surface area contributed by atoms with E-state index in [0.717, 1.165) is 25.7 Å². The van der Waals surface area contributed by atoms with Crippen LogP contribution in [0.2, 0.25) is 0 Å². The van der Waals surface area contributed by atoms with Gasteiger partial charge in [-0.05, 0) is 70.3 Å². The van der Waals surface area contributed by atoms with E-state index in [9.17, 15) is 24.0 Å². The summed E-state index contributed by atoms with van der Waals surface area (Å²) in [4.78, 5) is 81.3. The Morgan fingerprint density at radius 2 is 1.34 bits per heavy atom. The van der Waals surface area contributed by atoms with Crippen molar-refractivity contribution in [1.82, 2.24) is 5.32 Å². The van der Waals surface area contributed by atoms with E-state index in [1.807, 2.05) is 0 Å². The first-order valence-electron chi connectivity index (χ1n) is 16.7. The van der Waals surface area contributed by atoms with Crippen molar-refractivity contribution in [1.29, 1.82) is 0 Å². The normalized spacial score (nSPS) is 12.1. The first-order chi connectivity index (χ1) is 24.1. The van der Waals surface area contributed by atoms with Gasteiger partial charge in [0.2, 0.25) is 6.40 Å². The summed E-state index contributed by atoms with van der Waals surface area (Å²) in [7, 11) is 1.52. The predicted molar refractivity (Wildman–Crippen MR) is 174 cm³/mol. The highest BCUT2D eigenvalue weighted by Gasteiger charge is 2.19. The van der Waals surface area contributed by atoms with Crippen LogP contribution in [0.5, 0.6) is 0 Å². The quantitative estimate of drug-likeness (QED) is 0.0148. The summed E-state index contributed by atoms with van der Waals surface area (Å²) in [5.74, 6) is -2.11. The molecule has 0 aliphatic rings. The first kappa shape index (κ1) is 46.2. The van der Waals surface area contributed by atoms with Crippen LogP contribution in [-0.4, -0.2) is 107 Å². The van der Waals surface area contributed by atoms with Crippen molar-refractivity contribution in [3.8, 4) is 0 Å². The molecule has 2 atom stereocenters. The van der Waals surface area contributed by atoms with Crippen molar-refractivity contribution in [2.45, 2.75) is 103 Å². The van der Waals surface area contributed by atoms with E-state index < -0.39 is 42.8 Å². The lowest BCUT2D eigenvalue weighted by molar-refractivity contribution is -0.483. The Kier molecular flexibility index (Phi) is 29.9. The molecule has 0 aliphatic carbocycles. The molecule has 2 N–H and O–H groups in total. The largest absolute Gasteiger partial charge is 0.464 e. The molecule has 0 bridgehead atoms. The van der Waals surface area contributed by atoms with Gasteiger partial charge >= 0.3 is 30.0 Å². The molecule has 18 nitrogen and oxygen atoms in total. The van der Waals surface area contributed by atoms with E-state index in [0.29, 0.717) is 64.6 Å². The number of ether oxygens (including phenoxy) is 5. The van der Waals surface area contributed by atoms with Gasteiger partial charge in [-0.1, -0.05) is 19.4 Å². The monoisotopic (exact) mass is 722 g/mol. The van der Waals surface area contributed by atoms with Crippen molar-refractivity contribution in [3.63, 3.8) is 0 Å². The smallest absolute Gasteiger partial charge is 0.438 e. The van der Waals surface area contributed by atoms with Gasteiger partial charge in [0.1, 0.15) is 19.0 Å². The average Bonchev–Trinajstić information content (AvgIpc) is 3.10. The molecule has 0 spiro atoms. The van der Waals surface area contributed by atoms with Crippen molar-refractivity contribution in [2.24, 2.45) is 4.99 Å². The number of methoxy groups -OCH3 is 1. The molecular weight excluding hydrogens is 668 g/mol. The Morgan fingerprint density at radius 3 is 1.98 bits per heavy atom. The summed E-state index contributed by atoms with van der Waals surface area (Å²) < 4.78 is 24.6. The highest BCUT2D eigenvalue weighted by molar-refractivity contribution is 5.74. The van der Waals surface area contributed by atoms with Crippen LogP contribution in [0.15, 0.2) is 17.3 Å². The Bertz CT molecular complexity index is 993. The molecule has 288 valence electrons. The molecule has 0 rings (SSSR count). The number of carbonyl (C=O) groups excluding carboxylic acids is 5. The highest BCUT2D eigenvalue weighted by atomic mass is 17.5. The van der Waals surface area contributed by atoms with Gasteiger partial charge in [0.15, 0.2) is 12.2 Å². The Morgan fingerprint density at radius 1 is 0.740 bits per heavy atom. The van der Waals surface area contributed by atoms with Crippen LogP contribution in [0.1, 0.15) is 90.9 Å². The van der Waals surface area contributed by atoms with Crippen LogP contribution in [0, 0.1) is 0 Å². The minimum Gasteiger partial charge on any atom is -0.464 e. The average molecular weight is 723 g/mol. The second-order valence-corrected chi connectivity index (χ2v) is 10.7. The van der Waals surface area contributed by atoms with Crippen LogP contribution in [0.3, 0.4) is 0 Å². The van der Waals surface area contributed by atoms with Crippen molar-refractivity contribution in [3.05, 3.63) is 12.3 Å². The second kappa shape index (κ2) is 32.4. The third kappa shape index (κ3) is 29.1. The molecule has 0 heterocycles. The fourth-order valence-electron chi connectivity index (χ4n) is 3.51. The number of aliphatic imine (C=N–C) groups is 1. The Balaban J connectivity index is 3.64. The fourth-order valence-corrected chi connectivity index (χ4v) is 3.51. The number of aliphatic hydroxyl groups excluding tert-OH is 1. The highest BCUT2D eigenvalue weighted by Crippen LogP contribution is 2.06. The summed E-state index contributed by atoms with van der Waals surface area (Å²) >= 11 is 0. The molecular formula is C32H54N2O16. The van der Waals surface area contributed by atoms with Crippen LogP contribution < -0.4 is 5.32 Å². The fraction of sp³-hybridized carbons (Fsp3) is 0.750. The van der Waals surface area contributed by atoms with Gasteiger partial charge in [-0.25, -0.2) is 14.4 Å². The molecule has 0 fully saturated rings. The lowest BCUT2D eigenvalue weighted by atomic mass is 10.2. The summed E-state index contributed by atoms with van der Waals surface area (Å²) in [6.07, 6.45) is 5.13. The van der Waals surface area contributed by atoms with Gasteiger partial charge in [-0.2, -0.15) is 9.78 Å². The zero-order valence-electron chi connectivity index (χ0n) is 29.4. The summed E-state index contributed by atoms with van der Waals surface area (Å²) in [5, 5.41) is 15.8. The number of carbonyl (C=O) groups is 5. The SMILES string of the molecule is C=C(CO)OC(=O)CCCCCOC(=O)C(C)OOOC=NCCCCCCNC(=O)OOC(C)C(=O)OCCCCCC(=O)OCCOC. The lowest BCUT2D eigenvalue weighted by Gasteiger charge is -2.11. The van der Waals surface area contributed by atoms with Crippen molar-refractivity contribution < 1.29 is 77.4 Å². The van der Waals surface area contributed by atoms with Crippen molar-refractivity contribution >= 4 is 36.4 Å². The number of rotatable bonds is 32. The third-order valence-corrected chi connectivity index (χ3v) is 6.28. The summed E-state index contributed by atoms with van der Waals surface area (Å²) in [5.41, 5.74) is 0. The first-order valence-corrected chi connectivity index (χ1v) is 16.7. The van der Waals surface area contributed by atoms with Gasteiger partial charge in [-0.15, -0.1) is 0 Å². The van der Waals surface area contributed by atoms with Gasteiger partial charge in [0.25, 0.3) is 0 Å². The molecule has 2 unspecified atom stereocenters. The number of aliphatic hydroxyl groups is 1. The topological polar surface area (TPSA) is 222 Å². The van der Waals surface area contributed by atoms with E-state index in [4.69, 9.17) is 38.6 Å². The zero-order chi connectivity index (χ0) is 37.2. The minimum atomic E-state index is -1.10. The number of nitrogens with zero attached hydrogens (tertiary/aromatic N) is 1. The number of esters is 4. The summed E-state index contributed by atoms with van der Waals surface area (Å²) in [6, 6.07) is 0. The third-order valence-electron chi connectivity index (χ3n) is 6.28. The van der Waals surface area contributed by atoms with Crippen LogP contribution in [-0.2, 0) is 67.5 Å². The van der Waals surface area contributed by atoms with Gasteiger partial charge in [0.05, 0.1) is 19.8 Å². The van der Waals surface area contributed by atoms with Gasteiger partial charge < -0.3 is 34.1 Å². The van der Waals surface area contributed by atoms with E-state index in [1.165, 1.54) is 21.0 Å². The Hall–Kier alpha value is -3.84. The molecule has 1 amide bonds. The molecule has 0 aromatic carbocycles. The lowest BCUT2D eigenvalue weighted by Crippen LogP contribution is -2.30. The number of hydrogen-bond donors (Lipinski definition) is 2. The van der Waals surface area contributed by atoms with Crippen LogP contribution in [0.25, 0.3) is 0 Å². The van der Waals surface area contributed by atoms with E-state index in [1.54, 1.807) is 0 Å². The molecule has 18 heteroatoms. The van der Waals surface area contributed by atoms with E-state index in [2.05, 4.69) is 31.7 Å². The molecule has 0 aliphatic heterocycles. The maximum absolute atomic E-state index is 11.9. The molecule has 0 aromatic rings. The standard InChI is InChI=1S/C32H54N2O16/c1-25(23-35)46-29(37)16-10-8-14-20-44-31(39)27(3)48-50-45-24-33-17-11-5-6-12-18-34-32(40)49-47-26(2)30(38)43-19-13-7-9-15-28(36)42-22-21-41-4/h24,26-27,35H,1,5-23H2,2-4H3,(H,34,40). The van der Waals surface area contributed by atoms with E-state index >= 15 is 0 Å².